The Labute approximate surface area is 163 Å². The standard InChI is InChI=1S/C20H18F3N3O3/c1-26-9-8-12-10-13(2-7-16(12)26)17(27)11-24-18(28)19(29)25-15-5-3-14(4-6-15)20(21,22)23/h2-10,17,27H,11H2,1H3,(H,24,28)(H,25,29). The van der Waals surface area contributed by atoms with Crippen LogP contribution in [0.2, 0.25) is 0 Å². The van der Waals surface area contributed by atoms with Crippen LogP contribution in [0.25, 0.3) is 10.9 Å². The highest BCUT2D eigenvalue weighted by Gasteiger charge is 2.30. The molecule has 2 aromatic carbocycles. The number of halogens is 3. The molecule has 9 heteroatoms. The van der Waals surface area contributed by atoms with Crippen molar-refractivity contribution in [2.75, 3.05) is 11.9 Å². The summed E-state index contributed by atoms with van der Waals surface area (Å²) < 4.78 is 39.5. The monoisotopic (exact) mass is 405 g/mol. The lowest BCUT2D eigenvalue weighted by molar-refractivity contribution is -0.137. The lowest BCUT2D eigenvalue weighted by atomic mass is 10.1. The number of carbonyl (C=O) groups is 2. The molecule has 0 aliphatic rings. The third-order valence-electron chi connectivity index (χ3n) is 4.43. The number of amides is 2. The number of hydrogen-bond donors (Lipinski definition) is 3. The summed E-state index contributed by atoms with van der Waals surface area (Å²) in [6.45, 7) is -0.197. The van der Waals surface area contributed by atoms with Crippen molar-refractivity contribution in [3.05, 3.63) is 65.9 Å². The van der Waals surface area contributed by atoms with E-state index < -0.39 is 29.7 Å². The average Bonchev–Trinajstić information content (AvgIpc) is 3.05. The van der Waals surface area contributed by atoms with Gasteiger partial charge in [0.15, 0.2) is 0 Å². The van der Waals surface area contributed by atoms with E-state index in [0.29, 0.717) is 5.56 Å². The SMILES string of the molecule is Cn1ccc2cc(C(O)CNC(=O)C(=O)Nc3ccc(C(F)(F)F)cc3)ccc21. The van der Waals surface area contributed by atoms with E-state index in [4.69, 9.17) is 0 Å². The number of alkyl halides is 3. The molecule has 3 N–H and O–H groups in total. The minimum Gasteiger partial charge on any atom is -0.387 e. The molecule has 0 saturated carbocycles. The van der Waals surface area contributed by atoms with Crippen LogP contribution < -0.4 is 10.6 Å². The smallest absolute Gasteiger partial charge is 0.387 e. The van der Waals surface area contributed by atoms with Gasteiger partial charge in [-0.25, -0.2) is 0 Å². The number of nitrogens with zero attached hydrogens (tertiary/aromatic N) is 1. The first kappa shape index (κ1) is 20.4. The van der Waals surface area contributed by atoms with Crippen molar-refractivity contribution in [1.29, 1.82) is 0 Å². The molecule has 1 heterocycles. The van der Waals surface area contributed by atoms with Gasteiger partial charge in [-0.05, 0) is 53.4 Å². The van der Waals surface area contributed by atoms with Gasteiger partial charge < -0.3 is 20.3 Å². The number of anilines is 1. The zero-order chi connectivity index (χ0) is 21.2. The number of aliphatic hydroxyl groups is 1. The molecular weight excluding hydrogens is 387 g/mol. The fraction of sp³-hybridized carbons (Fsp3) is 0.200. The average molecular weight is 405 g/mol. The first-order valence-corrected chi connectivity index (χ1v) is 8.64. The van der Waals surface area contributed by atoms with Gasteiger partial charge in [0, 0.05) is 31.0 Å². The van der Waals surface area contributed by atoms with E-state index in [2.05, 4.69) is 10.6 Å². The van der Waals surface area contributed by atoms with E-state index >= 15 is 0 Å². The van der Waals surface area contributed by atoms with E-state index in [1.54, 1.807) is 12.1 Å². The van der Waals surface area contributed by atoms with Crippen LogP contribution in [0.1, 0.15) is 17.2 Å². The Balaban J connectivity index is 1.55. The minimum atomic E-state index is -4.49. The number of benzene rings is 2. The number of aromatic nitrogens is 1. The molecule has 0 saturated heterocycles. The van der Waals surface area contributed by atoms with Crippen molar-refractivity contribution in [3.63, 3.8) is 0 Å². The summed E-state index contributed by atoms with van der Waals surface area (Å²) in [4.78, 5) is 23.8. The molecule has 3 aromatic rings. The van der Waals surface area contributed by atoms with Gasteiger partial charge >= 0.3 is 18.0 Å². The van der Waals surface area contributed by atoms with Gasteiger partial charge in [0.25, 0.3) is 0 Å². The first-order chi connectivity index (χ1) is 13.6. The summed E-state index contributed by atoms with van der Waals surface area (Å²) in [5, 5.41) is 15.7. The lowest BCUT2D eigenvalue weighted by Gasteiger charge is -2.13. The van der Waals surface area contributed by atoms with Crippen molar-refractivity contribution < 1.29 is 27.9 Å². The highest BCUT2D eigenvalue weighted by molar-refractivity contribution is 6.39. The Kier molecular flexibility index (Phi) is 5.60. The minimum absolute atomic E-state index is 0.0493. The normalized spacial score (nSPS) is 12.6. The summed E-state index contributed by atoms with van der Waals surface area (Å²) in [5.41, 5.74) is 0.750. The second-order valence-electron chi connectivity index (χ2n) is 6.50. The number of fused-ring (bicyclic) bond motifs is 1. The molecule has 1 atom stereocenters. The Morgan fingerprint density at radius 2 is 1.76 bits per heavy atom. The van der Waals surface area contributed by atoms with Gasteiger partial charge in [0.2, 0.25) is 0 Å². The van der Waals surface area contributed by atoms with E-state index in [0.717, 1.165) is 35.2 Å². The van der Waals surface area contributed by atoms with Gasteiger partial charge in [-0.15, -0.1) is 0 Å². The third-order valence-corrected chi connectivity index (χ3v) is 4.43. The summed E-state index contributed by atoms with van der Waals surface area (Å²) in [5.74, 6) is -2.06. The molecule has 2 amide bonds. The molecule has 29 heavy (non-hydrogen) atoms. The van der Waals surface area contributed by atoms with Gasteiger partial charge in [0.1, 0.15) is 0 Å². The molecule has 6 nitrogen and oxygen atoms in total. The quantitative estimate of drug-likeness (QED) is 0.584. The Morgan fingerprint density at radius 1 is 1.07 bits per heavy atom. The van der Waals surface area contributed by atoms with E-state index in [9.17, 15) is 27.9 Å². The molecule has 0 bridgehead atoms. The topological polar surface area (TPSA) is 83.4 Å². The summed E-state index contributed by atoms with van der Waals surface area (Å²) in [6.07, 6.45) is -3.63. The van der Waals surface area contributed by atoms with Crippen LogP contribution in [-0.2, 0) is 22.8 Å². The molecule has 0 spiro atoms. The highest BCUT2D eigenvalue weighted by atomic mass is 19.4. The zero-order valence-electron chi connectivity index (χ0n) is 15.3. The Bertz CT molecular complexity index is 1040. The van der Waals surface area contributed by atoms with Crippen LogP contribution in [0.5, 0.6) is 0 Å². The summed E-state index contributed by atoms with van der Waals surface area (Å²) in [7, 11) is 1.90. The van der Waals surface area contributed by atoms with Crippen LogP contribution in [-0.4, -0.2) is 28.0 Å². The maximum atomic E-state index is 12.5. The van der Waals surface area contributed by atoms with Crippen molar-refractivity contribution in [1.82, 2.24) is 9.88 Å². The molecule has 0 fully saturated rings. The van der Waals surface area contributed by atoms with Gasteiger partial charge in [0.05, 0.1) is 11.7 Å². The van der Waals surface area contributed by atoms with E-state index in [-0.39, 0.29) is 12.2 Å². The Morgan fingerprint density at radius 3 is 2.41 bits per heavy atom. The van der Waals surface area contributed by atoms with Crippen molar-refractivity contribution in [2.45, 2.75) is 12.3 Å². The summed E-state index contributed by atoms with van der Waals surface area (Å²) >= 11 is 0. The molecule has 0 aliphatic heterocycles. The predicted molar refractivity (Wildman–Crippen MR) is 101 cm³/mol. The van der Waals surface area contributed by atoms with Gasteiger partial charge in [-0.3, -0.25) is 9.59 Å². The molecule has 1 aromatic heterocycles. The molecule has 1 unspecified atom stereocenters. The maximum Gasteiger partial charge on any atom is 0.416 e. The van der Waals surface area contributed by atoms with Gasteiger partial charge in [-0.1, -0.05) is 6.07 Å². The molecule has 152 valence electrons. The van der Waals surface area contributed by atoms with Crippen molar-refractivity contribution in [2.24, 2.45) is 7.05 Å². The fourth-order valence-electron chi connectivity index (χ4n) is 2.83. The zero-order valence-corrected chi connectivity index (χ0v) is 15.3. The van der Waals surface area contributed by atoms with Crippen LogP contribution in [0.15, 0.2) is 54.7 Å². The lowest BCUT2D eigenvalue weighted by Crippen LogP contribution is -2.37. The number of aryl methyl sites for hydroxylation is 1. The fourth-order valence-corrected chi connectivity index (χ4v) is 2.83. The maximum absolute atomic E-state index is 12.5. The largest absolute Gasteiger partial charge is 0.416 e. The van der Waals surface area contributed by atoms with Crippen molar-refractivity contribution >= 4 is 28.4 Å². The summed E-state index contributed by atoms with van der Waals surface area (Å²) in [6, 6.07) is 11.0. The van der Waals surface area contributed by atoms with Crippen LogP contribution in [0, 0.1) is 0 Å². The van der Waals surface area contributed by atoms with E-state index in [1.807, 2.05) is 29.9 Å². The highest BCUT2D eigenvalue weighted by Crippen LogP contribution is 2.29. The molecular formula is C20H18F3N3O3. The number of hydrogen-bond acceptors (Lipinski definition) is 3. The third kappa shape index (κ3) is 4.75. The predicted octanol–water partition coefficient (Wildman–Crippen LogP) is 2.99. The molecule has 0 aliphatic carbocycles. The molecule has 3 rings (SSSR count). The number of carbonyl (C=O) groups excluding carboxylic acids is 2. The van der Waals surface area contributed by atoms with Crippen LogP contribution >= 0.6 is 0 Å². The number of rotatable bonds is 4. The second-order valence-corrected chi connectivity index (χ2v) is 6.50. The van der Waals surface area contributed by atoms with Crippen LogP contribution in [0.3, 0.4) is 0 Å². The van der Waals surface area contributed by atoms with Crippen LogP contribution in [0.4, 0.5) is 18.9 Å². The van der Waals surface area contributed by atoms with E-state index in [1.165, 1.54) is 0 Å². The number of nitrogens with one attached hydrogen (secondary N) is 2. The second kappa shape index (κ2) is 7.96. The van der Waals surface area contributed by atoms with Crippen molar-refractivity contribution in [3.8, 4) is 0 Å². The first-order valence-electron chi connectivity index (χ1n) is 8.64. The van der Waals surface area contributed by atoms with Gasteiger partial charge in [-0.2, -0.15) is 13.2 Å². The number of aliphatic hydroxyl groups excluding tert-OH is 1. The molecule has 0 radical (unpaired) electrons. The Hall–Kier alpha value is -3.33.